The number of hydrogen-bond donors (Lipinski definition) is 2. The van der Waals surface area contributed by atoms with Crippen molar-refractivity contribution >= 4 is 17.5 Å². The number of carbonyl (C=O) groups is 2. The molecule has 1 aromatic rings. The number of rotatable bonds is 5. The molecule has 21 heavy (non-hydrogen) atoms. The molecule has 0 atom stereocenters. The van der Waals surface area contributed by atoms with Gasteiger partial charge in [0, 0.05) is 19.5 Å². The molecule has 4 N–H and O–H groups in total. The lowest BCUT2D eigenvalue weighted by molar-refractivity contribution is -0.134. The van der Waals surface area contributed by atoms with Crippen LogP contribution in [0.1, 0.15) is 19.3 Å². The van der Waals surface area contributed by atoms with Crippen molar-refractivity contribution in [3.05, 3.63) is 24.3 Å². The molecule has 0 spiro atoms. The van der Waals surface area contributed by atoms with E-state index in [1.54, 1.807) is 17.0 Å². The second kappa shape index (κ2) is 6.97. The Labute approximate surface area is 124 Å². The molecule has 2 rings (SSSR count). The lowest BCUT2D eigenvalue weighted by Crippen LogP contribution is -2.41. The van der Waals surface area contributed by atoms with Gasteiger partial charge >= 0.3 is 0 Å². The Hall–Kier alpha value is -2.24. The predicted octanol–water partition coefficient (Wildman–Crippen LogP) is 0.762. The summed E-state index contributed by atoms with van der Waals surface area (Å²) in [7, 11) is 0. The van der Waals surface area contributed by atoms with E-state index in [0.29, 0.717) is 30.9 Å². The first-order valence-electron chi connectivity index (χ1n) is 7.09. The zero-order valence-electron chi connectivity index (χ0n) is 12.0. The fourth-order valence-corrected chi connectivity index (χ4v) is 2.51. The third-order valence-electron chi connectivity index (χ3n) is 3.73. The fourth-order valence-electron chi connectivity index (χ4n) is 2.51. The smallest absolute Gasteiger partial charge is 0.260 e. The van der Waals surface area contributed by atoms with Crippen LogP contribution >= 0.6 is 0 Å². The van der Waals surface area contributed by atoms with E-state index in [0.717, 1.165) is 12.8 Å². The van der Waals surface area contributed by atoms with Gasteiger partial charge in [0.05, 0.1) is 5.69 Å². The summed E-state index contributed by atoms with van der Waals surface area (Å²) in [5.74, 6) is 0.477. The van der Waals surface area contributed by atoms with Crippen LogP contribution in [0, 0.1) is 5.92 Å². The molecule has 0 bridgehead atoms. The summed E-state index contributed by atoms with van der Waals surface area (Å²) in [5, 5.41) is 0. The van der Waals surface area contributed by atoms with E-state index in [9.17, 15) is 9.59 Å². The van der Waals surface area contributed by atoms with Gasteiger partial charge in [-0.15, -0.1) is 0 Å². The lowest BCUT2D eigenvalue weighted by Gasteiger charge is -2.31. The molecule has 0 aromatic heterocycles. The highest BCUT2D eigenvalue weighted by Gasteiger charge is 2.24. The highest BCUT2D eigenvalue weighted by atomic mass is 16.5. The van der Waals surface area contributed by atoms with Crippen LogP contribution in [0.2, 0.25) is 0 Å². The van der Waals surface area contributed by atoms with Gasteiger partial charge in [-0.05, 0) is 30.9 Å². The predicted molar refractivity (Wildman–Crippen MR) is 79.5 cm³/mol. The molecule has 1 fully saturated rings. The molecule has 0 saturated carbocycles. The van der Waals surface area contributed by atoms with Crippen LogP contribution in [0.4, 0.5) is 5.69 Å². The largest absolute Gasteiger partial charge is 0.482 e. The number of hydrogen-bond acceptors (Lipinski definition) is 4. The van der Waals surface area contributed by atoms with Crippen molar-refractivity contribution < 1.29 is 14.3 Å². The number of amides is 2. The van der Waals surface area contributed by atoms with E-state index < -0.39 is 0 Å². The minimum atomic E-state index is -0.275. The van der Waals surface area contributed by atoms with Crippen LogP contribution in [-0.2, 0) is 9.59 Å². The molecule has 1 saturated heterocycles. The van der Waals surface area contributed by atoms with Gasteiger partial charge in [0.2, 0.25) is 5.91 Å². The second-order valence-corrected chi connectivity index (χ2v) is 5.32. The van der Waals surface area contributed by atoms with Crippen molar-refractivity contribution in [1.29, 1.82) is 0 Å². The number of nitrogens with two attached hydrogens (primary N) is 2. The maximum atomic E-state index is 12.1. The van der Waals surface area contributed by atoms with Crippen LogP contribution in [0.3, 0.4) is 0 Å². The summed E-state index contributed by atoms with van der Waals surface area (Å²) in [6.07, 6.45) is 2.02. The van der Waals surface area contributed by atoms with E-state index in [1.807, 2.05) is 12.1 Å². The number of nitrogen functional groups attached to an aromatic ring is 1. The Morgan fingerprint density at radius 2 is 1.90 bits per heavy atom. The third-order valence-corrected chi connectivity index (χ3v) is 3.73. The van der Waals surface area contributed by atoms with Crippen molar-refractivity contribution in [2.24, 2.45) is 11.7 Å². The van der Waals surface area contributed by atoms with Crippen molar-refractivity contribution in [3.63, 3.8) is 0 Å². The van der Waals surface area contributed by atoms with Gasteiger partial charge in [-0.25, -0.2) is 0 Å². The standard InChI is InChI=1S/C15H21N3O3/c16-12-3-1-2-4-13(12)21-10-15(20)18-7-5-11(6-8-18)9-14(17)19/h1-4,11H,5-10,16H2,(H2,17,19). The van der Waals surface area contributed by atoms with Crippen molar-refractivity contribution in [1.82, 2.24) is 4.90 Å². The summed E-state index contributed by atoms with van der Waals surface area (Å²) in [5.41, 5.74) is 11.5. The van der Waals surface area contributed by atoms with E-state index in [2.05, 4.69) is 0 Å². The number of benzene rings is 1. The first-order valence-corrected chi connectivity index (χ1v) is 7.09. The SMILES string of the molecule is NC(=O)CC1CCN(C(=O)COc2ccccc2N)CC1. The summed E-state index contributed by atoms with van der Waals surface area (Å²) < 4.78 is 5.45. The highest BCUT2D eigenvalue weighted by Crippen LogP contribution is 2.22. The molecular weight excluding hydrogens is 270 g/mol. The van der Waals surface area contributed by atoms with Gasteiger partial charge in [-0.3, -0.25) is 9.59 Å². The Bertz CT molecular complexity index is 511. The molecule has 6 nitrogen and oxygen atoms in total. The van der Waals surface area contributed by atoms with Gasteiger partial charge < -0.3 is 21.1 Å². The van der Waals surface area contributed by atoms with Crippen molar-refractivity contribution in [2.75, 3.05) is 25.4 Å². The molecule has 6 heteroatoms. The summed E-state index contributed by atoms with van der Waals surface area (Å²) >= 11 is 0. The van der Waals surface area contributed by atoms with Gasteiger partial charge in [0.1, 0.15) is 5.75 Å². The monoisotopic (exact) mass is 291 g/mol. The minimum Gasteiger partial charge on any atom is -0.482 e. The molecule has 1 aliphatic rings. The molecule has 2 amide bonds. The number of carbonyl (C=O) groups excluding carboxylic acids is 2. The topological polar surface area (TPSA) is 98.7 Å². The Morgan fingerprint density at radius 3 is 2.52 bits per heavy atom. The Balaban J connectivity index is 1.77. The zero-order chi connectivity index (χ0) is 15.2. The number of ether oxygens (including phenoxy) is 1. The minimum absolute atomic E-state index is 0.0191. The van der Waals surface area contributed by atoms with Crippen LogP contribution < -0.4 is 16.2 Å². The number of anilines is 1. The normalized spacial score (nSPS) is 15.7. The molecule has 1 aliphatic heterocycles. The molecule has 0 aliphatic carbocycles. The van der Waals surface area contributed by atoms with Crippen LogP contribution in [0.5, 0.6) is 5.75 Å². The number of nitrogens with zero attached hydrogens (tertiary/aromatic N) is 1. The van der Waals surface area contributed by atoms with Gasteiger partial charge in [0.25, 0.3) is 5.91 Å². The first kappa shape index (κ1) is 15.2. The van der Waals surface area contributed by atoms with Crippen LogP contribution in [-0.4, -0.2) is 36.4 Å². The highest BCUT2D eigenvalue weighted by molar-refractivity contribution is 5.78. The van der Waals surface area contributed by atoms with E-state index in [4.69, 9.17) is 16.2 Å². The summed E-state index contributed by atoms with van der Waals surface area (Å²) in [6, 6.07) is 7.09. The number of likely N-dealkylation sites (tertiary alicyclic amines) is 1. The maximum Gasteiger partial charge on any atom is 0.260 e. The number of primary amides is 1. The summed E-state index contributed by atoms with van der Waals surface area (Å²) in [4.78, 5) is 24.7. The molecule has 1 heterocycles. The lowest BCUT2D eigenvalue weighted by atomic mass is 9.93. The maximum absolute atomic E-state index is 12.1. The second-order valence-electron chi connectivity index (χ2n) is 5.32. The Kier molecular flexibility index (Phi) is 5.03. The number of piperidine rings is 1. The molecule has 0 radical (unpaired) electrons. The van der Waals surface area contributed by atoms with E-state index in [1.165, 1.54) is 0 Å². The molecule has 114 valence electrons. The van der Waals surface area contributed by atoms with Gasteiger partial charge in [0.15, 0.2) is 6.61 Å². The zero-order valence-corrected chi connectivity index (χ0v) is 12.0. The summed E-state index contributed by atoms with van der Waals surface area (Å²) in [6.45, 7) is 1.27. The molecule has 1 aromatic carbocycles. The first-order chi connectivity index (χ1) is 10.1. The molecule has 0 unspecified atom stereocenters. The van der Waals surface area contributed by atoms with Crippen molar-refractivity contribution in [3.8, 4) is 5.75 Å². The third kappa shape index (κ3) is 4.37. The Morgan fingerprint density at radius 1 is 1.24 bits per heavy atom. The van der Waals surface area contributed by atoms with Gasteiger partial charge in [-0.1, -0.05) is 12.1 Å². The molecular formula is C15H21N3O3. The average Bonchev–Trinajstić information content (AvgIpc) is 2.46. The van der Waals surface area contributed by atoms with Gasteiger partial charge in [-0.2, -0.15) is 0 Å². The van der Waals surface area contributed by atoms with Crippen LogP contribution in [0.15, 0.2) is 24.3 Å². The van der Waals surface area contributed by atoms with Crippen LogP contribution in [0.25, 0.3) is 0 Å². The average molecular weight is 291 g/mol. The van der Waals surface area contributed by atoms with E-state index in [-0.39, 0.29) is 24.3 Å². The fraction of sp³-hybridized carbons (Fsp3) is 0.467. The quantitative estimate of drug-likeness (QED) is 0.782. The number of para-hydroxylation sites is 2. The van der Waals surface area contributed by atoms with Crippen molar-refractivity contribution in [2.45, 2.75) is 19.3 Å². The van der Waals surface area contributed by atoms with E-state index >= 15 is 0 Å².